The third-order valence-electron chi connectivity index (χ3n) is 4.30. The van der Waals surface area contributed by atoms with Gasteiger partial charge in [-0.1, -0.05) is 18.2 Å². The molecule has 1 amide bonds. The summed E-state index contributed by atoms with van der Waals surface area (Å²) < 4.78 is 11.2. The molecule has 1 unspecified atom stereocenters. The van der Waals surface area contributed by atoms with Crippen LogP contribution in [0.1, 0.15) is 24.8 Å². The summed E-state index contributed by atoms with van der Waals surface area (Å²) in [6.45, 7) is 2.42. The number of ether oxygens (including phenoxy) is 2. The lowest BCUT2D eigenvalue weighted by Gasteiger charge is -2.17. The molecule has 0 spiro atoms. The Morgan fingerprint density at radius 3 is 2.86 bits per heavy atom. The van der Waals surface area contributed by atoms with Crippen molar-refractivity contribution in [2.24, 2.45) is 5.92 Å². The zero-order chi connectivity index (χ0) is 14.7. The van der Waals surface area contributed by atoms with Gasteiger partial charge in [0.15, 0.2) is 0 Å². The van der Waals surface area contributed by atoms with Crippen LogP contribution in [-0.4, -0.2) is 43.7 Å². The fourth-order valence-corrected chi connectivity index (χ4v) is 2.77. The summed E-state index contributed by atoms with van der Waals surface area (Å²) in [7, 11) is 1.64. The van der Waals surface area contributed by atoms with Gasteiger partial charge in [0.2, 0.25) is 5.91 Å². The summed E-state index contributed by atoms with van der Waals surface area (Å²) in [4.78, 5) is 14.3. The Kier molecular flexibility index (Phi) is 4.44. The van der Waals surface area contributed by atoms with Crippen molar-refractivity contribution in [3.63, 3.8) is 0 Å². The SMILES string of the molecule is COc1ccccc1CC(=O)N1CCC(OCC2CC2)C1. The molecule has 4 nitrogen and oxygen atoms in total. The van der Waals surface area contributed by atoms with Gasteiger partial charge in [-0.25, -0.2) is 0 Å². The Hall–Kier alpha value is -1.55. The fourth-order valence-electron chi connectivity index (χ4n) is 2.77. The van der Waals surface area contributed by atoms with E-state index in [1.165, 1.54) is 12.8 Å². The number of amides is 1. The Morgan fingerprint density at radius 1 is 1.29 bits per heavy atom. The minimum Gasteiger partial charge on any atom is -0.496 e. The van der Waals surface area contributed by atoms with Crippen molar-refractivity contribution in [2.45, 2.75) is 31.8 Å². The van der Waals surface area contributed by atoms with Crippen molar-refractivity contribution >= 4 is 5.91 Å². The van der Waals surface area contributed by atoms with E-state index >= 15 is 0 Å². The van der Waals surface area contributed by atoms with Crippen LogP contribution < -0.4 is 4.74 Å². The summed E-state index contributed by atoms with van der Waals surface area (Å²) in [6.07, 6.45) is 4.21. The first-order chi connectivity index (χ1) is 10.3. The van der Waals surface area contributed by atoms with Crippen molar-refractivity contribution < 1.29 is 14.3 Å². The standard InChI is InChI=1S/C17H23NO3/c1-20-16-5-3-2-4-14(16)10-17(19)18-9-8-15(11-18)21-12-13-6-7-13/h2-5,13,15H,6-12H2,1H3. The maximum absolute atomic E-state index is 12.4. The van der Waals surface area contributed by atoms with Gasteiger partial charge in [-0.3, -0.25) is 4.79 Å². The number of hydrogen-bond acceptors (Lipinski definition) is 3. The van der Waals surface area contributed by atoms with Crippen molar-refractivity contribution in [1.29, 1.82) is 0 Å². The van der Waals surface area contributed by atoms with Gasteiger partial charge in [0.25, 0.3) is 0 Å². The molecule has 0 N–H and O–H groups in total. The zero-order valence-electron chi connectivity index (χ0n) is 12.6. The van der Waals surface area contributed by atoms with Crippen LogP contribution in [0.5, 0.6) is 5.75 Å². The average molecular weight is 289 g/mol. The van der Waals surface area contributed by atoms with Gasteiger partial charge < -0.3 is 14.4 Å². The predicted octanol–water partition coefficient (Wildman–Crippen LogP) is 2.27. The molecule has 1 atom stereocenters. The molecular formula is C17H23NO3. The molecule has 3 rings (SSSR count). The fraction of sp³-hybridized carbons (Fsp3) is 0.588. The first-order valence-electron chi connectivity index (χ1n) is 7.77. The van der Waals surface area contributed by atoms with Crippen LogP contribution >= 0.6 is 0 Å². The monoisotopic (exact) mass is 289 g/mol. The van der Waals surface area contributed by atoms with Crippen molar-refractivity contribution in [2.75, 3.05) is 26.8 Å². The summed E-state index contributed by atoms with van der Waals surface area (Å²) >= 11 is 0. The molecule has 2 aliphatic rings. The highest BCUT2D eigenvalue weighted by molar-refractivity contribution is 5.79. The number of hydrogen-bond donors (Lipinski definition) is 0. The van der Waals surface area contributed by atoms with Gasteiger partial charge in [-0.15, -0.1) is 0 Å². The normalized spacial score (nSPS) is 21.6. The topological polar surface area (TPSA) is 38.8 Å². The van der Waals surface area contributed by atoms with Gasteiger partial charge in [0.05, 0.1) is 19.6 Å². The van der Waals surface area contributed by atoms with Crippen LogP contribution in [0.2, 0.25) is 0 Å². The Bertz CT molecular complexity index is 499. The number of methoxy groups -OCH3 is 1. The van der Waals surface area contributed by atoms with Gasteiger partial charge in [0, 0.05) is 25.3 Å². The summed E-state index contributed by atoms with van der Waals surface area (Å²) in [5.41, 5.74) is 0.951. The molecule has 4 heteroatoms. The minimum absolute atomic E-state index is 0.164. The van der Waals surface area contributed by atoms with E-state index in [-0.39, 0.29) is 12.0 Å². The molecule has 1 saturated carbocycles. The largest absolute Gasteiger partial charge is 0.496 e. The number of nitrogens with zero attached hydrogens (tertiary/aromatic N) is 1. The van der Waals surface area contributed by atoms with E-state index in [1.807, 2.05) is 29.2 Å². The lowest BCUT2D eigenvalue weighted by molar-refractivity contribution is -0.130. The third kappa shape index (κ3) is 3.76. The van der Waals surface area contributed by atoms with Crippen molar-refractivity contribution in [3.05, 3.63) is 29.8 Å². The summed E-state index contributed by atoms with van der Waals surface area (Å²) in [6, 6.07) is 7.71. The van der Waals surface area contributed by atoms with E-state index in [1.54, 1.807) is 7.11 Å². The van der Waals surface area contributed by atoms with Gasteiger partial charge in [-0.2, -0.15) is 0 Å². The molecule has 1 heterocycles. The minimum atomic E-state index is 0.164. The van der Waals surface area contributed by atoms with Crippen molar-refractivity contribution in [3.8, 4) is 5.75 Å². The molecule has 1 aromatic rings. The summed E-state index contributed by atoms with van der Waals surface area (Å²) in [5.74, 6) is 1.73. The van der Waals surface area contributed by atoms with E-state index in [0.717, 1.165) is 43.3 Å². The van der Waals surface area contributed by atoms with Gasteiger partial charge in [0.1, 0.15) is 5.75 Å². The van der Waals surface area contributed by atoms with E-state index in [0.29, 0.717) is 6.42 Å². The van der Waals surface area contributed by atoms with Gasteiger partial charge >= 0.3 is 0 Å². The Morgan fingerprint density at radius 2 is 2.10 bits per heavy atom. The Labute approximate surface area is 126 Å². The quantitative estimate of drug-likeness (QED) is 0.806. The summed E-state index contributed by atoms with van der Waals surface area (Å²) in [5, 5.41) is 0. The molecule has 1 aromatic carbocycles. The smallest absolute Gasteiger partial charge is 0.227 e. The molecule has 1 saturated heterocycles. The number of para-hydroxylation sites is 1. The van der Waals surface area contributed by atoms with Crippen LogP contribution in [-0.2, 0) is 16.0 Å². The third-order valence-corrected chi connectivity index (χ3v) is 4.30. The van der Waals surface area contributed by atoms with Crippen LogP contribution in [0, 0.1) is 5.92 Å². The molecule has 0 radical (unpaired) electrons. The van der Waals surface area contributed by atoms with Crippen LogP contribution in [0.4, 0.5) is 0 Å². The average Bonchev–Trinajstić information content (AvgIpc) is 3.22. The van der Waals surface area contributed by atoms with E-state index in [9.17, 15) is 4.79 Å². The zero-order valence-corrected chi connectivity index (χ0v) is 12.6. The first-order valence-corrected chi connectivity index (χ1v) is 7.77. The van der Waals surface area contributed by atoms with Crippen molar-refractivity contribution in [1.82, 2.24) is 4.90 Å². The second-order valence-electron chi connectivity index (χ2n) is 6.02. The lowest BCUT2D eigenvalue weighted by Crippen LogP contribution is -2.31. The van der Waals surface area contributed by atoms with E-state index in [2.05, 4.69) is 0 Å². The molecule has 21 heavy (non-hydrogen) atoms. The second-order valence-corrected chi connectivity index (χ2v) is 6.02. The molecule has 1 aliphatic heterocycles. The highest BCUT2D eigenvalue weighted by Crippen LogP contribution is 2.30. The number of likely N-dealkylation sites (tertiary alicyclic amines) is 1. The molecule has 0 aromatic heterocycles. The van der Waals surface area contributed by atoms with Crippen LogP contribution in [0.3, 0.4) is 0 Å². The number of rotatable bonds is 6. The molecule has 1 aliphatic carbocycles. The lowest BCUT2D eigenvalue weighted by atomic mass is 10.1. The molecule has 114 valence electrons. The van der Waals surface area contributed by atoms with E-state index < -0.39 is 0 Å². The molecular weight excluding hydrogens is 266 g/mol. The molecule has 2 fully saturated rings. The Balaban J connectivity index is 1.51. The van der Waals surface area contributed by atoms with Crippen LogP contribution in [0.15, 0.2) is 24.3 Å². The highest BCUT2D eigenvalue weighted by atomic mass is 16.5. The van der Waals surface area contributed by atoms with Gasteiger partial charge in [-0.05, 0) is 31.2 Å². The maximum Gasteiger partial charge on any atom is 0.227 e. The number of carbonyl (C=O) groups is 1. The number of carbonyl (C=O) groups excluding carboxylic acids is 1. The first kappa shape index (κ1) is 14.4. The molecule has 0 bridgehead atoms. The van der Waals surface area contributed by atoms with E-state index in [4.69, 9.17) is 9.47 Å². The number of benzene rings is 1. The predicted molar refractivity (Wildman–Crippen MR) is 80.4 cm³/mol. The van der Waals surface area contributed by atoms with Crippen LogP contribution in [0.25, 0.3) is 0 Å². The maximum atomic E-state index is 12.4. The highest BCUT2D eigenvalue weighted by Gasteiger charge is 2.29. The second kappa shape index (κ2) is 6.48.